The number of halogens is 1. The van der Waals surface area contributed by atoms with Crippen molar-refractivity contribution in [1.29, 1.82) is 0 Å². The maximum atomic E-state index is 13.8. The predicted octanol–water partition coefficient (Wildman–Crippen LogP) is 1.50. The van der Waals surface area contributed by atoms with Crippen LogP contribution in [0.5, 0.6) is 0 Å². The van der Waals surface area contributed by atoms with Crippen LogP contribution in [0.1, 0.15) is 26.2 Å². The Balaban J connectivity index is 2.06. The fourth-order valence-corrected chi connectivity index (χ4v) is 3.60. The van der Waals surface area contributed by atoms with Gasteiger partial charge in [-0.05, 0) is 25.0 Å². The van der Waals surface area contributed by atoms with Crippen LogP contribution in [-0.4, -0.2) is 44.8 Å². The van der Waals surface area contributed by atoms with E-state index in [1.807, 2.05) is 6.92 Å². The minimum absolute atomic E-state index is 0.179. The van der Waals surface area contributed by atoms with Gasteiger partial charge in [0.25, 0.3) is 10.2 Å². The van der Waals surface area contributed by atoms with E-state index in [0.29, 0.717) is 13.0 Å². The van der Waals surface area contributed by atoms with E-state index in [4.69, 9.17) is 0 Å². The third-order valence-corrected chi connectivity index (χ3v) is 5.46. The van der Waals surface area contributed by atoms with Gasteiger partial charge in [-0.25, -0.2) is 4.39 Å². The van der Waals surface area contributed by atoms with Gasteiger partial charge in [-0.15, -0.1) is 0 Å². The second-order valence-electron chi connectivity index (χ2n) is 5.58. The second-order valence-corrected chi connectivity index (χ2v) is 7.39. The number of amides is 1. The average Bonchev–Trinajstić information content (AvgIpc) is 2.86. The van der Waals surface area contributed by atoms with Crippen LogP contribution in [0.15, 0.2) is 24.3 Å². The predicted molar refractivity (Wildman–Crippen MR) is 86.8 cm³/mol. The highest BCUT2D eigenvalue weighted by molar-refractivity contribution is 7.87. The highest BCUT2D eigenvalue weighted by Gasteiger charge is 2.37. The summed E-state index contributed by atoms with van der Waals surface area (Å²) in [5.41, 5.74) is 0.179. The number of carbonyl (C=O) groups excluding carboxylic acids is 1. The average molecular weight is 343 g/mol. The Morgan fingerprint density at radius 1 is 1.39 bits per heavy atom. The molecular weight excluding hydrogens is 321 g/mol. The first-order chi connectivity index (χ1) is 10.9. The van der Waals surface area contributed by atoms with Gasteiger partial charge in [-0.3, -0.25) is 4.79 Å². The zero-order valence-corrected chi connectivity index (χ0v) is 14.1. The summed E-state index contributed by atoms with van der Waals surface area (Å²) < 4.78 is 41.9. The lowest BCUT2D eigenvalue weighted by molar-refractivity contribution is -0.118. The van der Waals surface area contributed by atoms with Crippen molar-refractivity contribution < 1.29 is 17.6 Å². The third-order valence-electron chi connectivity index (χ3n) is 3.88. The van der Waals surface area contributed by atoms with Gasteiger partial charge in [0, 0.05) is 20.1 Å². The Morgan fingerprint density at radius 3 is 2.74 bits per heavy atom. The van der Waals surface area contributed by atoms with Gasteiger partial charge in [0.1, 0.15) is 11.9 Å². The monoisotopic (exact) mass is 343 g/mol. The summed E-state index contributed by atoms with van der Waals surface area (Å²) in [6.45, 7) is 2.65. The normalized spacial score (nSPS) is 18.9. The topological polar surface area (TPSA) is 69.7 Å². The molecule has 1 aliphatic heterocycles. The molecule has 0 radical (unpaired) electrons. The Kier molecular flexibility index (Phi) is 5.72. The van der Waals surface area contributed by atoms with Crippen LogP contribution in [0.4, 0.5) is 10.1 Å². The molecule has 1 saturated heterocycles. The summed E-state index contributed by atoms with van der Waals surface area (Å²) in [7, 11) is -2.24. The molecular formula is C15H22FN3O3S. The molecule has 0 saturated carbocycles. The molecule has 2 rings (SSSR count). The van der Waals surface area contributed by atoms with Crippen LogP contribution in [0.25, 0.3) is 0 Å². The minimum Gasteiger partial charge on any atom is -0.308 e. The number of nitrogens with zero attached hydrogens (tertiary/aromatic N) is 2. The molecule has 1 aromatic carbocycles. The molecule has 23 heavy (non-hydrogen) atoms. The van der Waals surface area contributed by atoms with Crippen molar-refractivity contribution in [1.82, 2.24) is 9.03 Å². The van der Waals surface area contributed by atoms with Gasteiger partial charge in [-0.1, -0.05) is 25.5 Å². The van der Waals surface area contributed by atoms with Crippen LogP contribution in [-0.2, 0) is 15.0 Å². The molecule has 1 N–H and O–H groups in total. The van der Waals surface area contributed by atoms with Gasteiger partial charge < -0.3 is 4.90 Å². The molecule has 0 bridgehead atoms. The number of para-hydroxylation sites is 1. The van der Waals surface area contributed by atoms with E-state index in [1.165, 1.54) is 28.4 Å². The fraction of sp³-hybridized carbons (Fsp3) is 0.533. The van der Waals surface area contributed by atoms with Crippen molar-refractivity contribution in [3.05, 3.63) is 30.1 Å². The van der Waals surface area contributed by atoms with Crippen LogP contribution in [0, 0.1) is 5.82 Å². The van der Waals surface area contributed by atoms with Crippen LogP contribution in [0.3, 0.4) is 0 Å². The maximum Gasteiger partial charge on any atom is 0.279 e. The Bertz CT molecular complexity index is 666. The number of carbonyl (C=O) groups is 1. The van der Waals surface area contributed by atoms with Crippen LogP contribution in [0.2, 0.25) is 0 Å². The highest BCUT2D eigenvalue weighted by Crippen LogP contribution is 2.24. The molecule has 6 nitrogen and oxygen atoms in total. The molecule has 1 fully saturated rings. The van der Waals surface area contributed by atoms with Gasteiger partial charge in [-0.2, -0.15) is 17.4 Å². The van der Waals surface area contributed by atoms with Crippen molar-refractivity contribution in [3.8, 4) is 0 Å². The molecule has 128 valence electrons. The molecule has 8 heteroatoms. The SMILES string of the molecule is CCCCN(C)S(=O)(=O)N[C@@H]1CCN(c2ccccc2F)C1=O. The summed E-state index contributed by atoms with van der Waals surface area (Å²) in [6, 6.07) is 5.11. The van der Waals surface area contributed by atoms with E-state index >= 15 is 0 Å². The van der Waals surface area contributed by atoms with Crippen molar-refractivity contribution in [2.45, 2.75) is 32.2 Å². The number of hydrogen-bond acceptors (Lipinski definition) is 3. The maximum absolute atomic E-state index is 13.8. The van der Waals surface area contributed by atoms with Crippen molar-refractivity contribution in [3.63, 3.8) is 0 Å². The van der Waals surface area contributed by atoms with Crippen LogP contribution < -0.4 is 9.62 Å². The Morgan fingerprint density at radius 2 is 2.09 bits per heavy atom. The number of nitrogens with one attached hydrogen (secondary N) is 1. The van der Waals surface area contributed by atoms with E-state index in [-0.39, 0.29) is 12.2 Å². The quantitative estimate of drug-likeness (QED) is 0.816. The molecule has 1 amide bonds. The summed E-state index contributed by atoms with van der Waals surface area (Å²) in [6.07, 6.45) is 1.94. The molecule has 0 aromatic heterocycles. The van der Waals surface area contributed by atoms with E-state index in [9.17, 15) is 17.6 Å². The lowest BCUT2D eigenvalue weighted by Gasteiger charge is -2.21. The number of benzene rings is 1. The largest absolute Gasteiger partial charge is 0.308 e. The molecule has 1 heterocycles. The summed E-state index contributed by atoms with van der Waals surface area (Å²) in [4.78, 5) is 13.7. The lowest BCUT2D eigenvalue weighted by Crippen LogP contribution is -2.47. The molecule has 1 aliphatic rings. The van der Waals surface area contributed by atoms with Gasteiger partial charge in [0.15, 0.2) is 0 Å². The number of rotatable bonds is 7. The zero-order valence-electron chi connectivity index (χ0n) is 13.3. The Labute approximate surface area is 136 Å². The first-order valence-corrected chi connectivity index (χ1v) is 9.10. The van der Waals surface area contributed by atoms with Gasteiger partial charge in [0.05, 0.1) is 5.69 Å². The summed E-state index contributed by atoms with van der Waals surface area (Å²) in [5, 5.41) is 0. The fourth-order valence-electron chi connectivity index (χ4n) is 2.47. The number of hydrogen-bond donors (Lipinski definition) is 1. The first kappa shape index (κ1) is 17.8. The van der Waals surface area contributed by atoms with Crippen LogP contribution >= 0.6 is 0 Å². The lowest BCUT2D eigenvalue weighted by atomic mass is 10.2. The van der Waals surface area contributed by atoms with E-state index < -0.39 is 28.0 Å². The van der Waals surface area contributed by atoms with Crippen molar-refractivity contribution >= 4 is 21.8 Å². The smallest absolute Gasteiger partial charge is 0.279 e. The second kappa shape index (κ2) is 7.37. The molecule has 0 aliphatic carbocycles. The van der Waals surface area contributed by atoms with E-state index in [0.717, 1.165) is 12.8 Å². The van der Waals surface area contributed by atoms with Gasteiger partial charge >= 0.3 is 0 Å². The molecule has 0 spiro atoms. The van der Waals surface area contributed by atoms with Crippen molar-refractivity contribution in [2.24, 2.45) is 0 Å². The first-order valence-electron chi connectivity index (χ1n) is 7.66. The standard InChI is InChI=1S/C15H22FN3O3S/c1-3-4-10-18(2)23(21,22)17-13-9-11-19(15(13)20)14-8-6-5-7-12(14)16/h5-8,13,17H,3-4,9-11H2,1-2H3/t13-/m1/s1. The van der Waals surface area contributed by atoms with Crippen molar-refractivity contribution in [2.75, 3.05) is 25.0 Å². The summed E-state index contributed by atoms with van der Waals surface area (Å²) in [5.74, 6) is -0.924. The third kappa shape index (κ3) is 4.07. The molecule has 1 aromatic rings. The summed E-state index contributed by atoms with van der Waals surface area (Å²) >= 11 is 0. The number of anilines is 1. The van der Waals surface area contributed by atoms with E-state index in [2.05, 4.69) is 4.72 Å². The minimum atomic E-state index is -3.72. The molecule has 1 atom stereocenters. The zero-order chi connectivity index (χ0) is 17.0. The molecule has 0 unspecified atom stereocenters. The number of unbranched alkanes of at least 4 members (excludes halogenated alkanes) is 1. The van der Waals surface area contributed by atoms with E-state index in [1.54, 1.807) is 12.1 Å². The van der Waals surface area contributed by atoms with Gasteiger partial charge in [0.2, 0.25) is 5.91 Å². The Hall–Kier alpha value is -1.51. The highest BCUT2D eigenvalue weighted by atomic mass is 32.2.